The van der Waals surface area contributed by atoms with E-state index in [1.807, 2.05) is 13.0 Å². The summed E-state index contributed by atoms with van der Waals surface area (Å²) in [5.74, 6) is -0.756. The second-order valence-electron chi connectivity index (χ2n) is 7.29. The maximum absolute atomic E-state index is 12.6. The maximum Gasteiger partial charge on any atom is 0.335 e. The summed E-state index contributed by atoms with van der Waals surface area (Å²) >= 11 is 6.00. The molecule has 0 aromatic heterocycles. The van der Waals surface area contributed by atoms with Crippen LogP contribution in [0, 0.1) is 18.3 Å². The third-order valence-electron chi connectivity index (χ3n) is 4.88. The number of aryl methyl sites for hydroxylation is 1. The van der Waals surface area contributed by atoms with Gasteiger partial charge >= 0.3 is 5.97 Å². The predicted molar refractivity (Wildman–Crippen MR) is 129 cm³/mol. The van der Waals surface area contributed by atoms with E-state index in [9.17, 15) is 14.9 Å². The Balaban J connectivity index is 1.77. The molecule has 0 aliphatic heterocycles. The summed E-state index contributed by atoms with van der Waals surface area (Å²) in [6, 6.07) is 18.4. The number of anilines is 1. The van der Waals surface area contributed by atoms with Crippen molar-refractivity contribution in [2.45, 2.75) is 13.5 Å². The molecule has 0 atom stereocenters. The molecular weight excluding hydrogens is 456 g/mol. The van der Waals surface area contributed by atoms with Crippen LogP contribution in [0.25, 0.3) is 6.08 Å². The SMILES string of the molecule is COc1cc(/C=C(/C#N)C(=O)Nc2cc(Cl)ccc2C)ccc1OCc1cccc(C(=O)O)c1. The molecule has 0 saturated carbocycles. The van der Waals surface area contributed by atoms with Crippen LogP contribution in [0.3, 0.4) is 0 Å². The molecule has 34 heavy (non-hydrogen) atoms. The van der Waals surface area contributed by atoms with E-state index in [1.165, 1.54) is 25.3 Å². The summed E-state index contributed by atoms with van der Waals surface area (Å²) < 4.78 is 11.2. The molecule has 1 amide bonds. The predicted octanol–water partition coefficient (Wildman–Crippen LogP) is 5.48. The zero-order chi connectivity index (χ0) is 24.7. The number of nitrogens with one attached hydrogen (secondary N) is 1. The van der Waals surface area contributed by atoms with Crippen molar-refractivity contribution in [1.82, 2.24) is 0 Å². The summed E-state index contributed by atoms with van der Waals surface area (Å²) in [4.78, 5) is 23.8. The lowest BCUT2D eigenvalue weighted by Crippen LogP contribution is -2.14. The van der Waals surface area contributed by atoms with Gasteiger partial charge in [-0.25, -0.2) is 4.79 Å². The van der Waals surface area contributed by atoms with Gasteiger partial charge in [-0.1, -0.05) is 35.9 Å². The van der Waals surface area contributed by atoms with Crippen molar-refractivity contribution in [2.24, 2.45) is 0 Å². The van der Waals surface area contributed by atoms with E-state index < -0.39 is 11.9 Å². The van der Waals surface area contributed by atoms with Crippen LogP contribution in [0.1, 0.15) is 27.0 Å². The highest BCUT2D eigenvalue weighted by Gasteiger charge is 2.13. The third kappa shape index (κ3) is 6.15. The minimum Gasteiger partial charge on any atom is -0.493 e. The van der Waals surface area contributed by atoms with Gasteiger partial charge in [0.05, 0.1) is 12.7 Å². The number of carbonyl (C=O) groups excluding carboxylic acids is 1. The van der Waals surface area contributed by atoms with Crippen LogP contribution in [0.5, 0.6) is 11.5 Å². The molecule has 0 bridgehead atoms. The fourth-order valence-corrected chi connectivity index (χ4v) is 3.25. The van der Waals surface area contributed by atoms with E-state index >= 15 is 0 Å². The lowest BCUT2D eigenvalue weighted by Gasteiger charge is -2.12. The Morgan fingerprint density at radius 2 is 1.91 bits per heavy atom. The Morgan fingerprint density at radius 1 is 1.12 bits per heavy atom. The van der Waals surface area contributed by atoms with Crippen LogP contribution >= 0.6 is 11.6 Å². The number of hydrogen-bond donors (Lipinski definition) is 2. The number of nitriles is 1. The highest BCUT2D eigenvalue weighted by Crippen LogP contribution is 2.30. The van der Waals surface area contributed by atoms with Gasteiger partial charge in [0, 0.05) is 10.7 Å². The number of methoxy groups -OCH3 is 1. The molecule has 0 aliphatic carbocycles. The topological polar surface area (TPSA) is 109 Å². The van der Waals surface area contributed by atoms with Crippen LogP contribution in [0.2, 0.25) is 5.02 Å². The van der Waals surface area contributed by atoms with Crippen molar-refractivity contribution in [2.75, 3.05) is 12.4 Å². The van der Waals surface area contributed by atoms with Gasteiger partial charge in [0.2, 0.25) is 0 Å². The van der Waals surface area contributed by atoms with Crippen molar-refractivity contribution < 1.29 is 24.2 Å². The minimum atomic E-state index is -1.02. The van der Waals surface area contributed by atoms with E-state index in [1.54, 1.807) is 48.5 Å². The Hall–Kier alpha value is -4.28. The van der Waals surface area contributed by atoms with Crippen LogP contribution in [-0.2, 0) is 11.4 Å². The van der Waals surface area contributed by atoms with Gasteiger partial charge < -0.3 is 19.9 Å². The molecule has 0 spiro atoms. The van der Waals surface area contributed by atoms with E-state index in [4.69, 9.17) is 26.2 Å². The van der Waals surface area contributed by atoms with E-state index in [0.29, 0.717) is 33.3 Å². The van der Waals surface area contributed by atoms with Gasteiger partial charge in [-0.2, -0.15) is 5.26 Å². The Labute approximate surface area is 201 Å². The summed E-state index contributed by atoms with van der Waals surface area (Å²) in [7, 11) is 1.47. The molecule has 0 aliphatic rings. The average Bonchev–Trinajstić information content (AvgIpc) is 2.83. The number of carbonyl (C=O) groups is 2. The number of aromatic carboxylic acids is 1. The van der Waals surface area contributed by atoms with Crippen molar-refractivity contribution in [3.05, 3.63) is 93.5 Å². The lowest BCUT2D eigenvalue weighted by molar-refractivity contribution is -0.112. The molecule has 2 N–H and O–H groups in total. The number of amides is 1. The lowest BCUT2D eigenvalue weighted by atomic mass is 10.1. The van der Waals surface area contributed by atoms with Crippen LogP contribution in [0.4, 0.5) is 5.69 Å². The zero-order valence-corrected chi connectivity index (χ0v) is 19.2. The van der Waals surface area contributed by atoms with Crippen molar-refractivity contribution in [3.8, 4) is 17.6 Å². The van der Waals surface area contributed by atoms with Gasteiger partial charge in [-0.05, 0) is 66.1 Å². The van der Waals surface area contributed by atoms with Crippen LogP contribution in [0.15, 0.2) is 66.2 Å². The summed E-state index contributed by atoms with van der Waals surface area (Å²) in [6.45, 7) is 1.96. The monoisotopic (exact) mass is 476 g/mol. The Bertz CT molecular complexity index is 1310. The first kappa shape index (κ1) is 24.4. The van der Waals surface area contributed by atoms with E-state index in [2.05, 4.69) is 5.32 Å². The molecule has 0 saturated heterocycles. The summed E-state index contributed by atoms with van der Waals surface area (Å²) in [5, 5.41) is 21.8. The average molecular weight is 477 g/mol. The standard InChI is InChI=1S/C26H21ClN2O5/c1-16-6-8-21(27)13-22(16)29-25(30)20(14-28)10-17-7-9-23(24(12-17)33-2)34-15-18-4-3-5-19(11-18)26(31)32/h3-13H,15H2,1-2H3,(H,29,30)(H,31,32)/b20-10-. The molecule has 0 fully saturated rings. The number of hydrogen-bond acceptors (Lipinski definition) is 5. The van der Waals surface area contributed by atoms with Gasteiger partial charge in [-0.15, -0.1) is 0 Å². The Kier molecular flexibility index (Phi) is 7.91. The van der Waals surface area contributed by atoms with Gasteiger partial charge in [0.1, 0.15) is 18.2 Å². The van der Waals surface area contributed by atoms with Crippen LogP contribution < -0.4 is 14.8 Å². The fraction of sp³-hybridized carbons (Fsp3) is 0.115. The first-order valence-electron chi connectivity index (χ1n) is 10.1. The Morgan fingerprint density at radius 3 is 2.62 bits per heavy atom. The zero-order valence-electron chi connectivity index (χ0n) is 18.5. The molecule has 172 valence electrons. The quantitative estimate of drug-likeness (QED) is 0.329. The van der Waals surface area contributed by atoms with Gasteiger partial charge in [-0.3, -0.25) is 4.79 Å². The smallest absolute Gasteiger partial charge is 0.335 e. The third-order valence-corrected chi connectivity index (χ3v) is 5.11. The molecule has 7 nitrogen and oxygen atoms in total. The first-order chi connectivity index (χ1) is 16.3. The van der Waals surface area contributed by atoms with Gasteiger partial charge in [0.15, 0.2) is 11.5 Å². The number of carboxylic acid groups (broad SMARTS) is 1. The van der Waals surface area contributed by atoms with Crippen molar-refractivity contribution in [1.29, 1.82) is 5.26 Å². The normalized spacial score (nSPS) is 10.8. The van der Waals surface area contributed by atoms with E-state index in [-0.39, 0.29) is 17.7 Å². The molecule has 8 heteroatoms. The number of carboxylic acids is 1. The number of benzene rings is 3. The van der Waals surface area contributed by atoms with Crippen LogP contribution in [-0.4, -0.2) is 24.1 Å². The summed E-state index contributed by atoms with van der Waals surface area (Å²) in [5.41, 5.74) is 2.65. The largest absolute Gasteiger partial charge is 0.493 e. The number of nitrogens with zero attached hydrogens (tertiary/aromatic N) is 1. The molecule has 0 radical (unpaired) electrons. The number of rotatable bonds is 8. The fourth-order valence-electron chi connectivity index (χ4n) is 3.08. The first-order valence-corrected chi connectivity index (χ1v) is 10.5. The molecular formula is C26H21ClN2O5. The second-order valence-corrected chi connectivity index (χ2v) is 7.72. The highest BCUT2D eigenvalue weighted by molar-refractivity contribution is 6.31. The second kappa shape index (κ2) is 11.0. The maximum atomic E-state index is 12.6. The molecule has 0 unspecified atom stereocenters. The van der Waals surface area contributed by atoms with Crippen molar-refractivity contribution in [3.63, 3.8) is 0 Å². The van der Waals surface area contributed by atoms with Crippen molar-refractivity contribution >= 4 is 35.2 Å². The van der Waals surface area contributed by atoms with E-state index in [0.717, 1.165) is 5.56 Å². The molecule has 3 aromatic rings. The van der Waals surface area contributed by atoms with Gasteiger partial charge in [0.25, 0.3) is 5.91 Å². The summed E-state index contributed by atoms with van der Waals surface area (Å²) in [6.07, 6.45) is 1.44. The molecule has 0 heterocycles. The molecule has 3 aromatic carbocycles. The highest BCUT2D eigenvalue weighted by atomic mass is 35.5. The minimum absolute atomic E-state index is 0.0967. The number of ether oxygens (including phenoxy) is 2. The molecule has 3 rings (SSSR count). The number of halogens is 1.